The van der Waals surface area contributed by atoms with Crippen LogP contribution in [-0.2, 0) is 9.59 Å². The van der Waals surface area contributed by atoms with Crippen molar-refractivity contribution in [1.29, 1.82) is 0 Å². The van der Waals surface area contributed by atoms with E-state index in [2.05, 4.69) is 0 Å². The maximum Gasteiger partial charge on any atom is 0.294 e. The number of carbonyl (C=O) groups excluding carboxylic acids is 3. The van der Waals surface area contributed by atoms with Gasteiger partial charge in [0.1, 0.15) is 29.1 Å². The van der Waals surface area contributed by atoms with E-state index in [9.17, 15) is 18.8 Å². The van der Waals surface area contributed by atoms with E-state index < -0.39 is 23.0 Å². The van der Waals surface area contributed by atoms with Gasteiger partial charge in [0.15, 0.2) is 5.78 Å². The predicted molar refractivity (Wildman–Crippen MR) is 121 cm³/mol. The van der Waals surface area contributed by atoms with Crippen LogP contribution in [-0.4, -0.2) is 43.2 Å². The van der Waals surface area contributed by atoms with Crippen molar-refractivity contribution in [1.82, 2.24) is 4.90 Å². The highest BCUT2D eigenvalue weighted by molar-refractivity contribution is 8.18. The second-order valence-electron chi connectivity index (χ2n) is 7.60. The highest BCUT2D eigenvalue weighted by Gasteiger charge is 2.47. The summed E-state index contributed by atoms with van der Waals surface area (Å²) in [5, 5.41) is -0.639. The first-order valence-electron chi connectivity index (χ1n) is 10.2. The summed E-state index contributed by atoms with van der Waals surface area (Å²) in [5.41, 5.74) is 0.444. The van der Waals surface area contributed by atoms with Crippen LogP contribution in [0.2, 0.25) is 0 Å². The monoisotopic (exact) mass is 471 g/mol. The third-order valence-corrected chi connectivity index (χ3v) is 6.44. The van der Waals surface area contributed by atoms with Crippen LogP contribution in [0, 0.1) is 11.7 Å². The lowest BCUT2D eigenvalue weighted by molar-refractivity contribution is -0.133. The Morgan fingerprint density at radius 3 is 2.27 bits per heavy atom. The number of nitrogens with zero attached hydrogens (tertiary/aromatic N) is 1. The fourth-order valence-electron chi connectivity index (χ4n) is 3.72. The zero-order chi connectivity index (χ0) is 23.7. The van der Waals surface area contributed by atoms with Crippen LogP contribution >= 0.6 is 11.8 Å². The summed E-state index contributed by atoms with van der Waals surface area (Å²) in [5.74, 6) is -0.692. The first-order chi connectivity index (χ1) is 15.9. The zero-order valence-corrected chi connectivity index (χ0v) is 19.1. The van der Waals surface area contributed by atoms with Crippen LogP contribution in [0.15, 0.2) is 41.3 Å². The lowest BCUT2D eigenvalue weighted by atomic mass is 9.97. The molecule has 0 bridgehead atoms. The number of hydrogen-bond donors (Lipinski definition) is 0. The maximum absolute atomic E-state index is 14.6. The average Bonchev–Trinajstić information content (AvgIpc) is 3.63. The zero-order valence-electron chi connectivity index (χ0n) is 18.3. The van der Waals surface area contributed by atoms with Crippen molar-refractivity contribution >= 4 is 34.8 Å². The van der Waals surface area contributed by atoms with E-state index in [4.69, 9.17) is 14.2 Å². The molecule has 33 heavy (non-hydrogen) atoms. The highest BCUT2D eigenvalue weighted by atomic mass is 32.2. The van der Waals surface area contributed by atoms with Gasteiger partial charge in [-0.25, -0.2) is 4.39 Å². The molecule has 0 spiro atoms. The minimum absolute atomic E-state index is 0.0116. The summed E-state index contributed by atoms with van der Waals surface area (Å²) in [6, 6.07) is 7.65. The van der Waals surface area contributed by atoms with E-state index in [0.29, 0.717) is 47.4 Å². The van der Waals surface area contributed by atoms with Gasteiger partial charge in [-0.1, -0.05) is 18.2 Å². The molecule has 2 amide bonds. The molecule has 9 heteroatoms. The molecule has 1 aliphatic carbocycles. The quantitative estimate of drug-likeness (QED) is 0.520. The Morgan fingerprint density at radius 1 is 1.09 bits per heavy atom. The predicted octanol–water partition coefficient (Wildman–Crippen LogP) is 4.61. The summed E-state index contributed by atoms with van der Waals surface area (Å²) >= 11 is 0.685. The summed E-state index contributed by atoms with van der Waals surface area (Å²) in [6.45, 7) is 0. The number of ether oxygens (including phenoxy) is 3. The van der Waals surface area contributed by atoms with Gasteiger partial charge in [0.25, 0.3) is 11.1 Å². The smallest absolute Gasteiger partial charge is 0.294 e. The number of methoxy groups -OCH3 is 3. The fraction of sp³-hybridized carbons (Fsp3) is 0.292. The topological polar surface area (TPSA) is 82.1 Å². The molecule has 1 unspecified atom stereocenters. The first kappa shape index (κ1) is 22.8. The van der Waals surface area contributed by atoms with Gasteiger partial charge in [0, 0.05) is 23.6 Å². The number of rotatable bonds is 8. The Kier molecular flexibility index (Phi) is 6.42. The van der Waals surface area contributed by atoms with Crippen molar-refractivity contribution < 1.29 is 33.0 Å². The molecule has 0 N–H and O–H groups in total. The summed E-state index contributed by atoms with van der Waals surface area (Å²) < 4.78 is 30.7. The van der Waals surface area contributed by atoms with Gasteiger partial charge in [0.2, 0.25) is 0 Å². The second-order valence-corrected chi connectivity index (χ2v) is 8.59. The normalized spacial score (nSPS) is 17.9. The number of halogens is 1. The van der Waals surface area contributed by atoms with E-state index in [0.717, 1.165) is 4.90 Å². The molecule has 2 aromatic rings. The van der Waals surface area contributed by atoms with Gasteiger partial charge in [0.05, 0.1) is 31.8 Å². The lowest BCUT2D eigenvalue weighted by Crippen LogP contribution is -2.38. The second kappa shape index (κ2) is 9.27. The summed E-state index contributed by atoms with van der Waals surface area (Å²) in [7, 11) is 4.42. The number of Topliss-reactive ketones (excluding diaryl/α,β-unsaturated/α-hetero) is 1. The third-order valence-electron chi connectivity index (χ3n) is 5.56. The van der Waals surface area contributed by atoms with Gasteiger partial charge in [-0.2, -0.15) is 0 Å². The van der Waals surface area contributed by atoms with Crippen LogP contribution in [0.25, 0.3) is 6.08 Å². The molecular formula is C24H22FNO6S. The number of amides is 2. The standard InChI is InChI=1S/C24H22FNO6S/c1-30-14-10-18(31-2)16(19(11-14)32-3)12-20-23(28)26(24(29)33-20)21(22(27)13-8-9-13)15-6-4-5-7-17(15)25/h4-7,10-13,21H,8-9H2,1-3H3/b20-12-. The van der Waals surface area contributed by atoms with E-state index >= 15 is 0 Å². The number of imide groups is 1. The minimum Gasteiger partial charge on any atom is -0.496 e. The van der Waals surface area contributed by atoms with E-state index in [1.54, 1.807) is 18.2 Å². The van der Waals surface area contributed by atoms with Crippen LogP contribution < -0.4 is 14.2 Å². The van der Waals surface area contributed by atoms with Gasteiger partial charge in [-0.05, 0) is 36.7 Å². The minimum atomic E-state index is -1.31. The molecule has 1 atom stereocenters. The molecule has 7 nitrogen and oxygen atoms in total. The maximum atomic E-state index is 14.6. The Hall–Kier alpha value is -3.33. The van der Waals surface area contributed by atoms with Crippen molar-refractivity contribution in [2.75, 3.05) is 21.3 Å². The van der Waals surface area contributed by atoms with Crippen LogP contribution in [0.3, 0.4) is 0 Å². The number of hydrogen-bond acceptors (Lipinski definition) is 7. The van der Waals surface area contributed by atoms with Gasteiger partial charge in [-0.15, -0.1) is 0 Å². The van der Waals surface area contributed by atoms with Gasteiger partial charge >= 0.3 is 0 Å². The average molecular weight is 472 g/mol. The Morgan fingerprint density at radius 2 is 1.73 bits per heavy atom. The highest BCUT2D eigenvalue weighted by Crippen LogP contribution is 2.45. The van der Waals surface area contributed by atoms with Crippen LogP contribution in [0.1, 0.15) is 30.0 Å². The van der Waals surface area contributed by atoms with Gasteiger partial charge < -0.3 is 14.2 Å². The molecule has 1 heterocycles. The van der Waals surface area contributed by atoms with Crippen molar-refractivity contribution in [3.05, 3.63) is 58.2 Å². The molecule has 172 valence electrons. The Labute approximate surface area is 194 Å². The largest absolute Gasteiger partial charge is 0.496 e. The molecule has 4 rings (SSSR count). The van der Waals surface area contributed by atoms with Crippen molar-refractivity contribution in [2.24, 2.45) is 5.92 Å². The molecule has 0 radical (unpaired) electrons. The van der Waals surface area contributed by atoms with E-state index in [1.807, 2.05) is 0 Å². The SMILES string of the molecule is COc1cc(OC)c(/C=C2\SC(=O)N(C(C(=O)C3CC3)c3ccccc3F)C2=O)c(OC)c1. The van der Waals surface area contributed by atoms with E-state index in [1.165, 1.54) is 45.6 Å². The van der Waals surface area contributed by atoms with Crippen LogP contribution in [0.5, 0.6) is 17.2 Å². The first-order valence-corrected chi connectivity index (χ1v) is 11.1. The molecule has 2 fully saturated rings. The molecule has 1 saturated carbocycles. The molecule has 2 aromatic carbocycles. The summed E-state index contributed by atoms with van der Waals surface area (Å²) in [6.07, 6.45) is 2.80. The molecule has 2 aliphatic rings. The summed E-state index contributed by atoms with van der Waals surface area (Å²) in [4.78, 5) is 40.3. The van der Waals surface area contributed by atoms with Crippen molar-refractivity contribution in [3.8, 4) is 17.2 Å². The molecular weight excluding hydrogens is 449 g/mol. The van der Waals surface area contributed by atoms with Gasteiger partial charge in [-0.3, -0.25) is 19.3 Å². The Balaban J connectivity index is 1.76. The lowest BCUT2D eigenvalue weighted by Gasteiger charge is -2.25. The van der Waals surface area contributed by atoms with Crippen molar-refractivity contribution in [3.63, 3.8) is 0 Å². The number of thioether (sulfide) groups is 1. The number of benzene rings is 2. The van der Waals surface area contributed by atoms with Crippen molar-refractivity contribution in [2.45, 2.75) is 18.9 Å². The fourth-order valence-corrected chi connectivity index (χ4v) is 4.55. The number of ketones is 1. The molecule has 1 saturated heterocycles. The molecule has 0 aromatic heterocycles. The van der Waals surface area contributed by atoms with E-state index in [-0.39, 0.29) is 22.2 Å². The Bertz CT molecular complexity index is 1130. The number of carbonyl (C=O) groups is 3. The van der Waals surface area contributed by atoms with Crippen LogP contribution in [0.4, 0.5) is 9.18 Å². The third kappa shape index (κ3) is 4.32. The molecule has 1 aliphatic heterocycles.